The van der Waals surface area contributed by atoms with Crippen molar-refractivity contribution >= 4 is 14.8 Å². The summed E-state index contributed by atoms with van der Waals surface area (Å²) in [6.07, 6.45) is 0. The summed E-state index contributed by atoms with van der Waals surface area (Å²) in [6, 6.07) is 17.4. The standard InChI is InChI=1S/C18H19O2Si/c1-21(2)12-18(19)20-11-17-15-9-5-3-7-13(15)14-8-4-6-10-16(14)17/h3-10,17H,11-12H2,1-2H3. The summed E-state index contributed by atoms with van der Waals surface area (Å²) in [6.45, 7) is 4.71. The highest BCUT2D eigenvalue weighted by atomic mass is 28.3. The van der Waals surface area contributed by atoms with E-state index in [1.54, 1.807) is 0 Å². The predicted octanol–water partition coefficient (Wildman–Crippen LogP) is 4.10. The lowest BCUT2D eigenvalue weighted by Gasteiger charge is -2.14. The van der Waals surface area contributed by atoms with E-state index in [-0.39, 0.29) is 11.9 Å². The van der Waals surface area contributed by atoms with Crippen molar-refractivity contribution in [1.29, 1.82) is 0 Å². The molecule has 1 aliphatic rings. The van der Waals surface area contributed by atoms with Crippen LogP contribution in [-0.2, 0) is 9.53 Å². The lowest BCUT2D eigenvalue weighted by molar-refractivity contribution is -0.141. The lowest BCUT2D eigenvalue weighted by atomic mass is 9.98. The summed E-state index contributed by atoms with van der Waals surface area (Å²) >= 11 is 0. The molecule has 2 aromatic rings. The molecule has 0 unspecified atom stereocenters. The Kier molecular flexibility index (Phi) is 3.93. The molecule has 0 saturated heterocycles. The van der Waals surface area contributed by atoms with Gasteiger partial charge in [-0.2, -0.15) is 0 Å². The fourth-order valence-corrected chi connectivity index (χ4v) is 3.63. The molecule has 3 heteroatoms. The Labute approximate surface area is 127 Å². The molecule has 0 fully saturated rings. The molecule has 3 rings (SSSR count). The normalized spacial score (nSPS) is 13.1. The van der Waals surface area contributed by atoms with Gasteiger partial charge in [0.15, 0.2) is 0 Å². The van der Waals surface area contributed by atoms with Gasteiger partial charge in [-0.3, -0.25) is 4.79 Å². The monoisotopic (exact) mass is 295 g/mol. The number of ether oxygens (including phenoxy) is 1. The average molecular weight is 295 g/mol. The first-order chi connectivity index (χ1) is 10.2. The predicted molar refractivity (Wildman–Crippen MR) is 87.0 cm³/mol. The van der Waals surface area contributed by atoms with E-state index in [2.05, 4.69) is 61.6 Å². The number of carbonyl (C=O) groups is 1. The minimum absolute atomic E-state index is 0.0595. The van der Waals surface area contributed by atoms with E-state index in [1.807, 2.05) is 0 Å². The van der Waals surface area contributed by atoms with E-state index < -0.39 is 8.80 Å². The molecule has 1 aliphatic carbocycles. The SMILES string of the molecule is C[Si](C)CC(=O)OCC1c2ccccc2-c2ccccc21. The third-order valence-corrected chi connectivity index (χ3v) is 4.87. The van der Waals surface area contributed by atoms with Gasteiger partial charge in [0.25, 0.3) is 0 Å². The third kappa shape index (κ3) is 2.79. The Morgan fingerprint density at radius 3 is 2.05 bits per heavy atom. The zero-order valence-corrected chi connectivity index (χ0v) is 13.4. The molecule has 0 aromatic heterocycles. The first kappa shape index (κ1) is 14.1. The maximum atomic E-state index is 11.8. The molecule has 0 heterocycles. The topological polar surface area (TPSA) is 26.3 Å². The van der Waals surface area contributed by atoms with Crippen molar-refractivity contribution in [2.75, 3.05) is 6.61 Å². The zero-order valence-electron chi connectivity index (χ0n) is 12.4. The van der Waals surface area contributed by atoms with E-state index in [9.17, 15) is 4.79 Å². The molecule has 21 heavy (non-hydrogen) atoms. The number of benzene rings is 2. The van der Waals surface area contributed by atoms with Crippen molar-refractivity contribution in [3.05, 3.63) is 59.7 Å². The van der Waals surface area contributed by atoms with Gasteiger partial charge in [0.2, 0.25) is 0 Å². The van der Waals surface area contributed by atoms with Gasteiger partial charge in [0.05, 0.1) is 8.80 Å². The van der Waals surface area contributed by atoms with Crippen LogP contribution in [0.1, 0.15) is 17.0 Å². The summed E-state index contributed by atoms with van der Waals surface area (Å²) in [5.74, 6) is 0.112. The fourth-order valence-electron chi connectivity index (χ4n) is 2.96. The second kappa shape index (κ2) is 5.86. The van der Waals surface area contributed by atoms with Crippen LogP contribution in [0, 0.1) is 0 Å². The van der Waals surface area contributed by atoms with Gasteiger partial charge in [-0.1, -0.05) is 61.6 Å². The largest absolute Gasteiger partial charge is 0.465 e. The highest BCUT2D eigenvalue weighted by molar-refractivity contribution is 6.59. The molecular formula is C18H19O2Si. The maximum Gasteiger partial charge on any atom is 0.302 e. The van der Waals surface area contributed by atoms with Crippen molar-refractivity contribution < 1.29 is 9.53 Å². The molecule has 1 radical (unpaired) electrons. The van der Waals surface area contributed by atoms with Crippen molar-refractivity contribution in [1.82, 2.24) is 0 Å². The van der Waals surface area contributed by atoms with Crippen LogP contribution in [0.4, 0.5) is 0 Å². The Bertz CT molecular complexity index is 618. The number of rotatable bonds is 4. The summed E-state index contributed by atoms with van der Waals surface area (Å²) < 4.78 is 5.54. The molecule has 0 spiro atoms. The molecule has 0 saturated carbocycles. The Balaban J connectivity index is 1.84. The van der Waals surface area contributed by atoms with E-state index >= 15 is 0 Å². The van der Waals surface area contributed by atoms with Gasteiger partial charge in [-0.05, 0) is 22.3 Å². The van der Waals surface area contributed by atoms with Crippen LogP contribution in [0.3, 0.4) is 0 Å². The molecule has 107 valence electrons. The highest BCUT2D eigenvalue weighted by Crippen LogP contribution is 2.44. The van der Waals surface area contributed by atoms with Crippen molar-refractivity contribution in [3.8, 4) is 11.1 Å². The molecular weight excluding hydrogens is 276 g/mol. The first-order valence-electron chi connectivity index (χ1n) is 7.29. The van der Waals surface area contributed by atoms with Crippen LogP contribution >= 0.6 is 0 Å². The number of hydrogen-bond donors (Lipinski definition) is 0. The minimum atomic E-state index is -0.573. The van der Waals surface area contributed by atoms with Gasteiger partial charge in [-0.25, -0.2) is 0 Å². The molecule has 0 amide bonds. The maximum absolute atomic E-state index is 11.8. The number of carbonyl (C=O) groups excluding carboxylic acids is 1. The summed E-state index contributed by atoms with van der Waals surface area (Å²) in [4.78, 5) is 11.8. The van der Waals surface area contributed by atoms with Crippen LogP contribution in [0.2, 0.25) is 19.1 Å². The van der Waals surface area contributed by atoms with Crippen LogP contribution in [-0.4, -0.2) is 21.4 Å². The number of esters is 1. The molecule has 0 N–H and O–H groups in total. The molecule has 0 bridgehead atoms. The summed E-state index contributed by atoms with van der Waals surface area (Å²) in [7, 11) is -0.573. The Hall–Kier alpha value is -1.87. The van der Waals surface area contributed by atoms with Crippen molar-refractivity contribution in [2.45, 2.75) is 25.1 Å². The van der Waals surface area contributed by atoms with Crippen molar-refractivity contribution in [3.63, 3.8) is 0 Å². The van der Waals surface area contributed by atoms with Crippen LogP contribution in [0.15, 0.2) is 48.5 Å². The van der Waals surface area contributed by atoms with Gasteiger partial charge in [-0.15, -0.1) is 0 Å². The summed E-state index contributed by atoms with van der Waals surface area (Å²) in [5.41, 5.74) is 5.07. The highest BCUT2D eigenvalue weighted by Gasteiger charge is 2.28. The smallest absolute Gasteiger partial charge is 0.302 e. The molecule has 0 atom stereocenters. The first-order valence-corrected chi connectivity index (χ1v) is 10.0. The molecule has 2 aromatic carbocycles. The fraction of sp³-hybridized carbons (Fsp3) is 0.278. The van der Waals surface area contributed by atoms with E-state index in [0.717, 1.165) is 0 Å². The van der Waals surface area contributed by atoms with E-state index in [4.69, 9.17) is 4.74 Å². The zero-order chi connectivity index (χ0) is 14.8. The third-order valence-electron chi connectivity index (χ3n) is 3.87. The van der Waals surface area contributed by atoms with Gasteiger partial charge in [0, 0.05) is 12.0 Å². The van der Waals surface area contributed by atoms with Crippen LogP contribution in [0.5, 0.6) is 0 Å². The lowest BCUT2D eigenvalue weighted by Crippen LogP contribution is -2.16. The van der Waals surface area contributed by atoms with Crippen LogP contribution in [0.25, 0.3) is 11.1 Å². The van der Waals surface area contributed by atoms with Crippen molar-refractivity contribution in [2.24, 2.45) is 0 Å². The Morgan fingerprint density at radius 2 is 1.52 bits per heavy atom. The second-order valence-electron chi connectivity index (χ2n) is 5.79. The number of fused-ring (bicyclic) bond motifs is 3. The van der Waals surface area contributed by atoms with Crippen LogP contribution < -0.4 is 0 Å². The molecule has 2 nitrogen and oxygen atoms in total. The van der Waals surface area contributed by atoms with E-state index in [0.29, 0.717) is 12.7 Å². The number of hydrogen-bond acceptors (Lipinski definition) is 2. The molecule has 0 aliphatic heterocycles. The quantitative estimate of drug-likeness (QED) is 0.627. The minimum Gasteiger partial charge on any atom is -0.465 e. The second-order valence-corrected chi connectivity index (χ2v) is 8.56. The van der Waals surface area contributed by atoms with Gasteiger partial charge < -0.3 is 4.74 Å². The van der Waals surface area contributed by atoms with Gasteiger partial charge in [0.1, 0.15) is 6.61 Å². The Morgan fingerprint density at radius 1 is 1.00 bits per heavy atom. The average Bonchev–Trinajstić information content (AvgIpc) is 2.79. The summed E-state index contributed by atoms with van der Waals surface area (Å²) in [5, 5.41) is 0. The van der Waals surface area contributed by atoms with Gasteiger partial charge >= 0.3 is 5.97 Å². The van der Waals surface area contributed by atoms with E-state index in [1.165, 1.54) is 22.3 Å².